The lowest BCUT2D eigenvalue weighted by atomic mass is 9.79. The molecule has 0 fully saturated rings. The zero-order chi connectivity index (χ0) is 18.3. The largest absolute Gasteiger partial charge is 0.291 e. The molecule has 0 N–H and O–H groups in total. The van der Waals surface area contributed by atoms with Crippen molar-refractivity contribution in [2.24, 2.45) is 10.3 Å². The highest BCUT2D eigenvalue weighted by molar-refractivity contribution is 7.90. The predicted molar refractivity (Wildman–Crippen MR) is 97.7 cm³/mol. The first kappa shape index (κ1) is 19.4. The number of halogens is 3. The van der Waals surface area contributed by atoms with Gasteiger partial charge in [-0.2, -0.15) is 12.8 Å². The molecule has 0 saturated heterocycles. The van der Waals surface area contributed by atoms with Gasteiger partial charge in [0.2, 0.25) is 0 Å². The monoisotopic (exact) mass is 407 g/mol. The molecule has 24 heavy (non-hydrogen) atoms. The van der Waals surface area contributed by atoms with Crippen molar-refractivity contribution in [2.45, 2.75) is 35.9 Å². The summed E-state index contributed by atoms with van der Waals surface area (Å²) in [4.78, 5) is 10.9. The quantitative estimate of drug-likeness (QED) is 0.706. The minimum absolute atomic E-state index is 0.00572. The van der Waals surface area contributed by atoms with Gasteiger partial charge < -0.3 is 0 Å². The maximum Gasteiger partial charge on any atom is 0.282 e. The fraction of sp³-hybridized carbons (Fsp3) is 0.375. The molecule has 1 aromatic carbocycles. The summed E-state index contributed by atoms with van der Waals surface area (Å²) in [6, 6.07) is 7.72. The second-order valence-corrected chi connectivity index (χ2v) is 8.86. The third-order valence-electron chi connectivity index (χ3n) is 3.97. The fourth-order valence-corrected chi connectivity index (χ4v) is 4.63. The van der Waals surface area contributed by atoms with Crippen LogP contribution in [-0.2, 0) is 14.8 Å². The Kier molecular flexibility index (Phi) is 5.50. The van der Waals surface area contributed by atoms with Gasteiger partial charge in [-0.15, -0.1) is 23.2 Å². The van der Waals surface area contributed by atoms with Crippen molar-refractivity contribution in [1.29, 1.82) is 0 Å². The number of rotatable bonds is 3. The lowest BCUT2D eigenvalue weighted by Gasteiger charge is -2.38. The van der Waals surface area contributed by atoms with E-state index in [9.17, 15) is 13.2 Å². The van der Waals surface area contributed by atoms with E-state index in [0.717, 1.165) is 0 Å². The lowest BCUT2D eigenvalue weighted by Crippen LogP contribution is -2.53. The van der Waals surface area contributed by atoms with Crippen LogP contribution in [0.2, 0.25) is 0 Å². The van der Waals surface area contributed by atoms with E-state index >= 15 is 0 Å². The molecule has 0 aliphatic heterocycles. The molecule has 1 aromatic rings. The van der Waals surface area contributed by atoms with Crippen LogP contribution < -0.4 is 0 Å². The Hall–Kier alpha value is -0.880. The number of sulfonamides is 1. The first-order chi connectivity index (χ1) is 11.0. The summed E-state index contributed by atoms with van der Waals surface area (Å²) in [7, 11) is -4.00. The van der Waals surface area contributed by atoms with Crippen LogP contribution in [0.5, 0.6) is 0 Å². The molecular formula is C16H16Cl3NO3S. The number of Topliss-reactive ketones (excluding diaryl/α,β-unsaturated/α-hetero) is 1. The number of hydrogen-bond acceptors (Lipinski definition) is 3. The minimum Gasteiger partial charge on any atom is -0.291 e. The molecular weight excluding hydrogens is 393 g/mol. The molecule has 2 atom stereocenters. The van der Waals surface area contributed by atoms with Crippen LogP contribution in [-0.4, -0.2) is 30.2 Å². The number of allylic oxidation sites excluding steroid dienone is 2. The zero-order valence-electron chi connectivity index (χ0n) is 13.3. The molecule has 0 unspecified atom stereocenters. The van der Waals surface area contributed by atoms with Crippen molar-refractivity contribution in [1.82, 2.24) is 0 Å². The Morgan fingerprint density at radius 3 is 2.25 bits per heavy atom. The number of alkyl halides is 2. The Labute approximate surface area is 156 Å². The summed E-state index contributed by atoms with van der Waals surface area (Å²) in [5.41, 5.74) is 0.215. The van der Waals surface area contributed by atoms with Crippen LogP contribution in [0.25, 0.3) is 0 Å². The van der Waals surface area contributed by atoms with Gasteiger partial charge in [-0.05, 0) is 30.5 Å². The van der Waals surface area contributed by atoms with Crippen molar-refractivity contribution < 1.29 is 13.2 Å². The number of carbonyl (C=O) groups excluding carboxylic acids is 1. The second-order valence-electron chi connectivity index (χ2n) is 5.82. The normalized spacial score (nSPS) is 27.2. The molecule has 0 radical (unpaired) electrons. The number of ketones is 1. The van der Waals surface area contributed by atoms with Gasteiger partial charge in [-0.1, -0.05) is 43.6 Å². The topological polar surface area (TPSA) is 63.6 Å². The summed E-state index contributed by atoms with van der Waals surface area (Å²) < 4.78 is 28.9. The molecule has 130 valence electrons. The average Bonchev–Trinajstić information content (AvgIpc) is 2.55. The average molecular weight is 409 g/mol. The minimum atomic E-state index is -4.00. The number of carbonyl (C=O) groups is 1. The van der Waals surface area contributed by atoms with E-state index in [-0.39, 0.29) is 27.1 Å². The molecule has 0 bridgehead atoms. The van der Waals surface area contributed by atoms with Gasteiger partial charge in [0.05, 0.1) is 15.6 Å². The van der Waals surface area contributed by atoms with E-state index in [0.29, 0.717) is 0 Å². The van der Waals surface area contributed by atoms with Gasteiger partial charge in [0, 0.05) is 0 Å². The van der Waals surface area contributed by atoms with Crippen molar-refractivity contribution in [3.8, 4) is 0 Å². The van der Waals surface area contributed by atoms with Gasteiger partial charge in [0.15, 0.2) is 5.78 Å². The van der Waals surface area contributed by atoms with E-state index in [1.54, 1.807) is 32.0 Å². The van der Waals surface area contributed by atoms with Gasteiger partial charge in [0.25, 0.3) is 10.0 Å². The van der Waals surface area contributed by atoms with Gasteiger partial charge in [-0.3, -0.25) is 4.79 Å². The Morgan fingerprint density at radius 1 is 1.21 bits per heavy atom. The van der Waals surface area contributed by atoms with E-state index in [4.69, 9.17) is 34.8 Å². The summed E-state index contributed by atoms with van der Waals surface area (Å²) in [6.07, 6.45) is 0. The van der Waals surface area contributed by atoms with E-state index in [2.05, 4.69) is 4.40 Å². The summed E-state index contributed by atoms with van der Waals surface area (Å²) in [6.45, 7) is 4.94. The predicted octanol–water partition coefficient (Wildman–Crippen LogP) is 4.15. The smallest absolute Gasteiger partial charge is 0.282 e. The van der Waals surface area contributed by atoms with E-state index in [1.165, 1.54) is 19.1 Å². The summed E-state index contributed by atoms with van der Waals surface area (Å²) >= 11 is 18.9. The van der Waals surface area contributed by atoms with Crippen LogP contribution in [0.4, 0.5) is 0 Å². The summed E-state index contributed by atoms with van der Waals surface area (Å²) in [5, 5.41) is -1.26. The molecule has 4 nitrogen and oxygen atoms in total. The Balaban J connectivity index is 2.67. The van der Waals surface area contributed by atoms with Crippen LogP contribution >= 0.6 is 34.8 Å². The molecule has 8 heteroatoms. The van der Waals surface area contributed by atoms with Crippen molar-refractivity contribution in [3.05, 3.63) is 40.9 Å². The molecule has 0 spiro atoms. The number of benzene rings is 1. The third kappa shape index (κ3) is 3.15. The molecule has 2 rings (SSSR count). The SMILES string of the molecule is CC1=C(Cl)C(=O)[C@](Cl)(C(C)C)[C@H](Cl)C1=NS(=O)(=O)c1ccccc1. The molecule has 1 aliphatic rings. The van der Waals surface area contributed by atoms with E-state index in [1.807, 2.05) is 0 Å². The van der Waals surface area contributed by atoms with Crippen LogP contribution in [0.3, 0.4) is 0 Å². The van der Waals surface area contributed by atoms with Crippen LogP contribution in [0.15, 0.2) is 50.2 Å². The zero-order valence-corrected chi connectivity index (χ0v) is 16.3. The van der Waals surface area contributed by atoms with Crippen molar-refractivity contribution >= 4 is 56.3 Å². The van der Waals surface area contributed by atoms with Crippen LogP contribution in [0, 0.1) is 5.92 Å². The van der Waals surface area contributed by atoms with Crippen molar-refractivity contribution in [3.63, 3.8) is 0 Å². The van der Waals surface area contributed by atoms with E-state index < -0.39 is 26.1 Å². The van der Waals surface area contributed by atoms with Gasteiger partial charge in [-0.25, -0.2) is 0 Å². The molecule has 0 heterocycles. The standard InChI is InChI=1S/C16H16Cl3NO3S/c1-9(2)16(19)14(18)13(10(3)12(17)15(16)21)20-24(22,23)11-7-5-4-6-8-11/h4-9,14H,1-3H3/t14-,16+/m1/s1. The second kappa shape index (κ2) is 6.79. The maximum atomic E-state index is 12.5. The molecule has 1 aliphatic carbocycles. The molecule has 0 saturated carbocycles. The maximum absolute atomic E-state index is 12.5. The Bertz CT molecular complexity index is 831. The fourth-order valence-electron chi connectivity index (χ4n) is 2.40. The lowest BCUT2D eigenvalue weighted by molar-refractivity contribution is -0.118. The molecule has 0 amide bonds. The number of nitrogens with zero attached hydrogens (tertiary/aromatic N) is 1. The van der Waals surface area contributed by atoms with Gasteiger partial charge >= 0.3 is 0 Å². The number of hydrogen-bond donors (Lipinski definition) is 0. The highest BCUT2D eigenvalue weighted by Crippen LogP contribution is 2.43. The first-order valence-corrected chi connectivity index (χ1v) is 9.81. The summed E-state index contributed by atoms with van der Waals surface area (Å²) in [5.74, 6) is -0.893. The van der Waals surface area contributed by atoms with Crippen molar-refractivity contribution in [2.75, 3.05) is 0 Å². The highest BCUT2D eigenvalue weighted by atomic mass is 35.5. The molecule has 0 aromatic heterocycles. The Morgan fingerprint density at radius 2 is 1.75 bits per heavy atom. The van der Waals surface area contributed by atoms with Gasteiger partial charge in [0.1, 0.15) is 10.3 Å². The highest BCUT2D eigenvalue weighted by Gasteiger charge is 2.53. The first-order valence-electron chi connectivity index (χ1n) is 7.18. The van der Waals surface area contributed by atoms with Crippen LogP contribution in [0.1, 0.15) is 20.8 Å². The third-order valence-corrected chi connectivity index (χ3v) is 7.22.